The number of rotatable bonds is 6. The van der Waals surface area contributed by atoms with Crippen LogP contribution in [0.3, 0.4) is 0 Å². The Balaban J connectivity index is 1.40. The van der Waals surface area contributed by atoms with Crippen molar-refractivity contribution >= 4 is 11.3 Å². The van der Waals surface area contributed by atoms with Gasteiger partial charge in [0.25, 0.3) is 0 Å². The minimum absolute atomic E-state index is 0.00644. The number of nitrogens with one attached hydrogen (secondary N) is 1. The maximum atomic E-state index is 10.8. The van der Waals surface area contributed by atoms with Crippen molar-refractivity contribution in [3.63, 3.8) is 0 Å². The molecule has 0 amide bonds. The van der Waals surface area contributed by atoms with E-state index in [0.717, 1.165) is 31.4 Å². The smallest absolute Gasteiger partial charge is 0.110 e. The van der Waals surface area contributed by atoms with Crippen molar-refractivity contribution in [2.75, 3.05) is 6.54 Å². The Morgan fingerprint density at radius 3 is 2.67 bits per heavy atom. The third-order valence-electron chi connectivity index (χ3n) is 5.58. The lowest BCUT2D eigenvalue weighted by Gasteiger charge is -2.24. The molecule has 1 aromatic carbocycles. The Labute approximate surface area is 148 Å². The molecular formula is C20H26N2OS. The molecule has 1 heterocycles. The quantitative estimate of drug-likeness (QED) is 0.827. The van der Waals surface area contributed by atoms with E-state index in [-0.39, 0.29) is 17.6 Å². The maximum Gasteiger partial charge on any atom is 0.110 e. The van der Waals surface area contributed by atoms with Gasteiger partial charge >= 0.3 is 0 Å². The van der Waals surface area contributed by atoms with Gasteiger partial charge in [0.1, 0.15) is 5.01 Å². The second kappa shape index (κ2) is 6.58. The molecule has 2 aromatic rings. The van der Waals surface area contributed by atoms with Crippen LogP contribution in [-0.2, 0) is 12.8 Å². The number of benzene rings is 1. The van der Waals surface area contributed by atoms with Crippen LogP contribution in [0.15, 0.2) is 30.3 Å². The standard InChI is InChI=1S/C20H26N2OS/c1-14(19-22-16-9-5-6-10-17(16)24-19)21-13-20(11-12-20)18(23)15-7-3-2-4-8-15/h2-4,7-8,14,18,21,23H,5-6,9-13H2,1H3. The fraction of sp³-hybridized carbons (Fsp3) is 0.550. The summed E-state index contributed by atoms with van der Waals surface area (Å²) < 4.78 is 0. The van der Waals surface area contributed by atoms with Gasteiger partial charge in [0.2, 0.25) is 0 Å². The molecule has 0 saturated heterocycles. The largest absolute Gasteiger partial charge is 0.388 e. The lowest BCUT2D eigenvalue weighted by atomic mass is 9.92. The van der Waals surface area contributed by atoms with Crippen LogP contribution < -0.4 is 5.32 Å². The van der Waals surface area contributed by atoms with E-state index in [1.165, 1.54) is 34.8 Å². The molecule has 4 heteroatoms. The monoisotopic (exact) mass is 342 g/mol. The predicted molar refractivity (Wildman–Crippen MR) is 98.2 cm³/mol. The van der Waals surface area contributed by atoms with E-state index in [1.807, 2.05) is 41.7 Å². The van der Waals surface area contributed by atoms with E-state index >= 15 is 0 Å². The first-order valence-electron chi connectivity index (χ1n) is 9.13. The van der Waals surface area contributed by atoms with Crippen LogP contribution in [0.2, 0.25) is 0 Å². The summed E-state index contributed by atoms with van der Waals surface area (Å²) in [6.45, 7) is 3.06. The highest BCUT2D eigenvalue weighted by atomic mass is 32.1. The van der Waals surface area contributed by atoms with Gasteiger partial charge in [-0.15, -0.1) is 11.3 Å². The van der Waals surface area contributed by atoms with Crippen molar-refractivity contribution in [3.05, 3.63) is 51.5 Å². The minimum atomic E-state index is -0.372. The molecule has 24 heavy (non-hydrogen) atoms. The topological polar surface area (TPSA) is 45.1 Å². The first kappa shape index (κ1) is 16.2. The van der Waals surface area contributed by atoms with E-state index in [0.29, 0.717) is 0 Å². The van der Waals surface area contributed by atoms with Crippen molar-refractivity contribution < 1.29 is 5.11 Å². The van der Waals surface area contributed by atoms with Gasteiger partial charge in [-0.3, -0.25) is 0 Å². The number of thiazole rings is 1. The average Bonchev–Trinajstić information content (AvgIpc) is 3.30. The average molecular weight is 343 g/mol. The van der Waals surface area contributed by atoms with E-state index in [4.69, 9.17) is 4.98 Å². The summed E-state index contributed by atoms with van der Waals surface area (Å²) in [5, 5.41) is 15.6. The molecule has 128 valence electrons. The molecule has 1 fully saturated rings. The molecule has 0 spiro atoms. The predicted octanol–water partition coefficient (Wildman–Crippen LogP) is 4.19. The summed E-state index contributed by atoms with van der Waals surface area (Å²) >= 11 is 1.88. The van der Waals surface area contributed by atoms with Crippen molar-refractivity contribution in [2.45, 2.75) is 57.6 Å². The summed E-state index contributed by atoms with van der Waals surface area (Å²) in [4.78, 5) is 6.36. The van der Waals surface area contributed by atoms with Crippen LogP contribution >= 0.6 is 11.3 Å². The number of hydrogen-bond acceptors (Lipinski definition) is 4. The molecular weight excluding hydrogens is 316 g/mol. The Bertz CT molecular complexity index is 669. The fourth-order valence-electron chi connectivity index (χ4n) is 3.70. The molecule has 0 aliphatic heterocycles. The number of aliphatic hydroxyl groups excluding tert-OH is 1. The van der Waals surface area contributed by atoms with E-state index in [2.05, 4.69) is 12.2 Å². The highest BCUT2D eigenvalue weighted by molar-refractivity contribution is 7.11. The van der Waals surface area contributed by atoms with Gasteiger partial charge in [-0.2, -0.15) is 0 Å². The van der Waals surface area contributed by atoms with Gasteiger partial charge in [-0.1, -0.05) is 30.3 Å². The number of fused-ring (bicyclic) bond motifs is 1. The molecule has 2 atom stereocenters. The summed E-state index contributed by atoms with van der Waals surface area (Å²) in [6, 6.07) is 10.3. The highest BCUT2D eigenvalue weighted by Crippen LogP contribution is 2.54. The molecule has 0 bridgehead atoms. The van der Waals surface area contributed by atoms with Gasteiger partial charge in [0.05, 0.1) is 17.8 Å². The summed E-state index contributed by atoms with van der Waals surface area (Å²) in [5.74, 6) is 0. The SMILES string of the molecule is CC(NCC1(C(O)c2ccccc2)CC1)c1nc2c(s1)CCCC2. The molecule has 2 unspecified atom stereocenters. The van der Waals surface area contributed by atoms with Crippen molar-refractivity contribution in [2.24, 2.45) is 5.41 Å². The van der Waals surface area contributed by atoms with Crippen LogP contribution in [0.4, 0.5) is 0 Å². The number of aryl methyl sites for hydroxylation is 2. The van der Waals surface area contributed by atoms with Crippen LogP contribution in [0.5, 0.6) is 0 Å². The van der Waals surface area contributed by atoms with E-state index in [9.17, 15) is 5.11 Å². The molecule has 0 radical (unpaired) electrons. The van der Waals surface area contributed by atoms with Crippen molar-refractivity contribution in [1.82, 2.24) is 10.3 Å². The summed E-state index contributed by atoms with van der Waals surface area (Å²) in [7, 11) is 0. The highest BCUT2D eigenvalue weighted by Gasteiger charge is 2.49. The molecule has 4 rings (SSSR count). The van der Waals surface area contributed by atoms with E-state index < -0.39 is 0 Å². The van der Waals surface area contributed by atoms with Gasteiger partial charge in [-0.05, 0) is 51.0 Å². The zero-order valence-corrected chi connectivity index (χ0v) is 15.1. The van der Waals surface area contributed by atoms with Gasteiger partial charge in [0.15, 0.2) is 0 Å². The van der Waals surface area contributed by atoms with Crippen LogP contribution in [0, 0.1) is 5.41 Å². The van der Waals surface area contributed by atoms with Crippen LogP contribution in [0.1, 0.15) is 65.9 Å². The Morgan fingerprint density at radius 2 is 1.96 bits per heavy atom. The second-order valence-electron chi connectivity index (χ2n) is 7.41. The molecule has 2 aliphatic carbocycles. The normalized spacial score (nSPS) is 21.1. The number of aromatic nitrogens is 1. The molecule has 2 N–H and O–H groups in total. The molecule has 2 aliphatic rings. The number of aliphatic hydroxyl groups is 1. The number of nitrogens with zero attached hydrogens (tertiary/aromatic N) is 1. The Kier molecular flexibility index (Phi) is 4.46. The fourth-order valence-corrected chi connectivity index (χ4v) is 4.88. The zero-order valence-electron chi connectivity index (χ0n) is 14.3. The van der Waals surface area contributed by atoms with Crippen LogP contribution in [0.25, 0.3) is 0 Å². The van der Waals surface area contributed by atoms with Gasteiger partial charge in [-0.25, -0.2) is 4.98 Å². The third kappa shape index (κ3) is 3.15. The van der Waals surface area contributed by atoms with Crippen molar-refractivity contribution in [1.29, 1.82) is 0 Å². The lowest BCUT2D eigenvalue weighted by molar-refractivity contribution is 0.0903. The molecule has 1 saturated carbocycles. The Morgan fingerprint density at radius 1 is 1.21 bits per heavy atom. The summed E-state index contributed by atoms with van der Waals surface area (Å²) in [6.07, 6.45) is 6.76. The zero-order chi connectivity index (χ0) is 16.6. The molecule has 3 nitrogen and oxygen atoms in total. The summed E-state index contributed by atoms with van der Waals surface area (Å²) in [5.41, 5.74) is 2.38. The van der Waals surface area contributed by atoms with Crippen LogP contribution in [-0.4, -0.2) is 16.6 Å². The first-order chi connectivity index (χ1) is 11.7. The minimum Gasteiger partial charge on any atom is -0.388 e. The lowest BCUT2D eigenvalue weighted by Crippen LogP contribution is -2.30. The Hall–Kier alpha value is -1.23. The van der Waals surface area contributed by atoms with Gasteiger partial charge < -0.3 is 10.4 Å². The van der Waals surface area contributed by atoms with Crippen molar-refractivity contribution in [3.8, 4) is 0 Å². The first-order valence-corrected chi connectivity index (χ1v) is 9.94. The second-order valence-corrected chi connectivity index (χ2v) is 8.52. The number of hydrogen-bond donors (Lipinski definition) is 2. The maximum absolute atomic E-state index is 10.8. The third-order valence-corrected chi connectivity index (χ3v) is 6.92. The molecule has 1 aromatic heterocycles. The van der Waals surface area contributed by atoms with Gasteiger partial charge in [0, 0.05) is 16.8 Å². The van der Waals surface area contributed by atoms with E-state index in [1.54, 1.807) is 0 Å².